The Morgan fingerprint density at radius 2 is 1.75 bits per heavy atom. The highest BCUT2D eigenvalue weighted by Crippen LogP contribution is 2.30. The Bertz CT molecular complexity index is 1560. The van der Waals surface area contributed by atoms with Gasteiger partial charge in [-0.15, -0.1) is 0 Å². The molecule has 0 N–H and O–H groups in total. The van der Waals surface area contributed by atoms with Crippen LogP contribution in [0, 0.1) is 19.7 Å². The molecule has 5 nitrogen and oxygen atoms in total. The molecule has 0 saturated carbocycles. The molecular weight excluding hydrogens is 473 g/mol. The summed E-state index contributed by atoms with van der Waals surface area (Å²) in [5.74, 6) is 0.229. The maximum absolute atomic E-state index is 13.6. The molecule has 2 heterocycles. The maximum Gasteiger partial charge on any atom is 0.262 e. The molecule has 0 fully saturated rings. The molecule has 32 heavy (non-hydrogen) atoms. The van der Waals surface area contributed by atoms with Gasteiger partial charge in [0.15, 0.2) is 0 Å². The molecule has 0 unspecified atom stereocenters. The van der Waals surface area contributed by atoms with Crippen LogP contribution in [-0.2, 0) is 0 Å². The first-order chi connectivity index (χ1) is 15.4. The van der Waals surface area contributed by atoms with E-state index in [1.807, 2.05) is 50.2 Å². The highest BCUT2D eigenvalue weighted by molar-refractivity contribution is 9.10. The van der Waals surface area contributed by atoms with E-state index < -0.39 is 0 Å². The molecule has 3 aromatic carbocycles. The van der Waals surface area contributed by atoms with Crippen LogP contribution in [0.1, 0.15) is 11.1 Å². The van der Waals surface area contributed by atoms with E-state index >= 15 is 0 Å². The van der Waals surface area contributed by atoms with E-state index in [9.17, 15) is 9.18 Å². The number of rotatable bonds is 3. The largest absolute Gasteiger partial charge is 0.334 e. The molecule has 7 heteroatoms. The summed E-state index contributed by atoms with van der Waals surface area (Å²) in [6.45, 7) is 4.04. The van der Waals surface area contributed by atoms with E-state index in [1.54, 1.807) is 29.0 Å². The lowest BCUT2D eigenvalue weighted by Gasteiger charge is -2.12. The zero-order chi connectivity index (χ0) is 22.4. The van der Waals surface area contributed by atoms with Gasteiger partial charge in [0.2, 0.25) is 5.82 Å². The third-order valence-corrected chi connectivity index (χ3v) is 6.14. The van der Waals surface area contributed by atoms with E-state index in [2.05, 4.69) is 26.1 Å². The fraction of sp³-hybridized carbons (Fsp3) is 0.0800. The number of benzene rings is 3. The lowest BCUT2D eigenvalue weighted by Crippen LogP contribution is -2.18. The van der Waals surface area contributed by atoms with Gasteiger partial charge in [0.25, 0.3) is 11.4 Å². The van der Waals surface area contributed by atoms with Gasteiger partial charge in [-0.3, -0.25) is 9.36 Å². The van der Waals surface area contributed by atoms with Gasteiger partial charge in [-0.2, -0.15) is 4.98 Å². The minimum Gasteiger partial charge on any atom is -0.334 e. The van der Waals surface area contributed by atoms with E-state index in [0.717, 1.165) is 16.8 Å². The summed E-state index contributed by atoms with van der Waals surface area (Å²) in [5.41, 5.74) is 4.11. The fourth-order valence-corrected chi connectivity index (χ4v) is 3.99. The summed E-state index contributed by atoms with van der Waals surface area (Å²) < 4.78 is 21.1. The average molecular weight is 490 g/mol. The first-order valence-electron chi connectivity index (χ1n) is 9.94. The summed E-state index contributed by atoms with van der Waals surface area (Å²) in [7, 11) is 0. The number of pyridine rings is 1. The standard InChI is InChI=1S/C25H17BrFN3O2/c1-14-7-9-17(11-15(14)2)30-13-20(18-5-3-4-6-19(18)25(30)31)24-28-23(29-32-24)16-8-10-22(27)21(26)12-16/h3-13H,1-2H3. The van der Waals surface area contributed by atoms with Crippen LogP contribution < -0.4 is 5.56 Å². The summed E-state index contributed by atoms with van der Waals surface area (Å²) in [5, 5.41) is 5.34. The van der Waals surface area contributed by atoms with Crippen molar-refractivity contribution in [2.45, 2.75) is 13.8 Å². The topological polar surface area (TPSA) is 60.9 Å². The molecule has 2 aromatic heterocycles. The quantitative estimate of drug-likeness (QED) is 0.301. The molecule has 0 amide bonds. The summed E-state index contributed by atoms with van der Waals surface area (Å²) in [6.07, 6.45) is 1.73. The smallest absolute Gasteiger partial charge is 0.262 e. The monoisotopic (exact) mass is 489 g/mol. The van der Waals surface area contributed by atoms with E-state index in [1.165, 1.54) is 6.07 Å². The van der Waals surface area contributed by atoms with Crippen molar-refractivity contribution in [1.82, 2.24) is 14.7 Å². The lowest BCUT2D eigenvalue weighted by atomic mass is 10.1. The average Bonchev–Trinajstić information content (AvgIpc) is 3.28. The Kier molecular flexibility index (Phi) is 4.98. The second kappa shape index (κ2) is 7.84. The Labute approximate surface area is 191 Å². The number of hydrogen-bond donors (Lipinski definition) is 0. The lowest BCUT2D eigenvalue weighted by molar-refractivity contribution is 0.432. The molecule has 5 rings (SSSR count). The van der Waals surface area contributed by atoms with Crippen LogP contribution in [0.3, 0.4) is 0 Å². The number of hydrogen-bond acceptors (Lipinski definition) is 4. The number of aromatic nitrogens is 3. The molecule has 0 aliphatic rings. The summed E-state index contributed by atoms with van der Waals surface area (Å²) >= 11 is 3.18. The van der Waals surface area contributed by atoms with Crippen molar-refractivity contribution >= 4 is 26.7 Å². The van der Waals surface area contributed by atoms with Gasteiger partial charge in [-0.1, -0.05) is 29.4 Å². The number of nitrogens with zero attached hydrogens (tertiary/aromatic N) is 3. The van der Waals surface area contributed by atoms with Gasteiger partial charge < -0.3 is 4.52 Å². The number of halogens is 2. The van der Waals surface area contributed by atoms with Crippen molar-refractivity contribution in [2.75, 3.05) is 0 Å². The van der Waals surface area contributed by atoms with Gasteiger partial charge in [0.1, 0.15) is 5.82 Å². The van der Waals surface area contributed by atoms with Crippen molar-refractivity contribution in [2.24, 2.45) is 0 Å². The number of fused-ring (bicyclic) bond motifs is 1. The summed E-state index contributed by atoms with van der Waals surface area (Å²) in [4.78, 5) is 17.8. The zero-order valence-corrected chi connectivity index (χ0v) is 18.9. The van der Waals surface area contributed by atoms with Gasteiger partial charge in [0.05, 0.1) is 10.0 Å². The zero-order valence-electron chi connectivity index (χ0n) is 17.3. The first kappa shape index (κ1) is 20.3. The van der Waals surface area contributed by atoms with Gasteiger partial charge in [-0.05, 0) is 77.3 Å². The van der Waals surface area contributed by atoms with E-state index in [4.69, 9.17) is 4.52 Å². The fourth-order valence-electron chi connectivity index (χ4n) is 3.61. The molecule has 0 bridgehead atoms. The molecule has 0 aliphatic carbocycles. The SMILES string of the molecule is Cc1ccc(-n2cc(-c3nc(-c4ccc(F)c(Br)c4)no3)c3ccccc3c2=O)cc1C. The van der Waals surface area contributed by atoms with Crippen LogP contribution >= 0.6 is 15.9 Å². The van der Waals surface area contributed by atoms with Crippen LogP contribution in [0.2, 0.25) is 0 Å². The maximum atomic E-state index is 13.6. The van der Waals surface area contributed by atoms with Crippen molar-refractivity contribution < 1.29 is 8.91 Å². The van der Waals surface area contributed by atoms with Crippen LogP contribution in [0.5, 0.6) is 0 Å². The Balaban J connectivity index is 1.71. The molecule has 0 aliphatic heterocycles. The van der Waals surface area contributed by atoms with Crippen molar-refractivity contribution in [3.8, 4) is 28.5 Å². The van der Waals surface area contributed by atoms with E-state index in [-0.39, 0.29) is 17.3 Å². The molecule has 0 atom stereocenters. The first-order valence-corrected chi connectivity index (χ1v) is 10.7. The number of aryl methyl sites for hydroxylation is 2. The second-order valence-electron chi connectivity index (χ2n) is 7.58. The Hall–Kier alpha value is -3.58. The van der Waals surface area contributed by atoms with Gasteiger partial charge in [-0.25, -0.2) is 4.39 Å². The van der Waals surface area contributed by atoms with Crippen LogP contribution in [-0.4, -0.2) is 14.7 Å². The predicted molar refractivity (Wildman–Crippen MR) is 125 cm³/mol. The normalized spacial score (nSPS) is 11.2. The Morgan fingerprint density at radius 3 is 2.50 bits per heavy atom. The third kappa shape index (κ3) is 3.44. The molecule has 0 spiro atoms. The molecule has 0 radical (unpaired) electrons. The third-order valence-electron chi connectivity index (χ3n) is 5.53. The van der Waals surface area contributed by atoms with Gasteiger partial charge >= 0.3 is 0 Å². The molecular formula is C25H17BrFN3O2. The van der Waals surface area contributed by atoms with Gasteiger partial charge in [0, 0.05) is 28.2 Å². The second-order valence-corrected chi connectivity index (χ2v) is 8.44. The highest BCUT2D eigenvalue weighted by Gasteiger charge is 2.18. The van der Waals surface area contributed by atoms with Crippen molar-refractivity contribution in [1.29, 1.82) is 0 Å². The molecule has 0 saturated heterocycles. The van der Waals surface area contributed by atoms with Crippen LogP contribution in [0.15, 0.2) is 80.7 Å². The van der Waals surface area contributed by atoms with Crippen LogP contribution in [0.4, 0.5) is 4.39 Å². The minimum atomic E-state index is -0.371. The predicted octanol–water partition coefficient (Wildman–Crippen LogP) is 6.23. The molecule has 158 valence electrons. The van der Waals surface area contributed by atoms with Crippen molar-refractivity contribution in [3.63, 3.8) is 0 Å². The minimum absolute atomic E-state index is 0.130. The van der Waals surface area contributed by atoms with Crippen LogP contribution in [0.25, 0.3) is 39.3 Å². The Morgan fingerprint density at radius 1 is 0.969 bits per heavy atom. The highest BCUT2D eigenvalue weighted by atomic mass is 79.9. The molecule has 5 aromatic rings. The van der Waals surface area contributed by atoms with Crippen molar-refractivity contribution in [3.05, 3.63) is 98.6 Å². The van der Waals surface area contributed by atoms with E-state index in [0.29, 0.717) is 32.2 Å². The summed E-state index contributed by atoms with van der Waals surface area (Å²) in [6, 6.07) is 17.7.